The van der Waals surface area contributed by atoms with Crippen LogP contribution >= 0.6 is 0 Å². The molecule has 10 heteroatoms. The average Bonchev–Trinajstić information content (AvgIpc) is 3.09. The molecule has 0 N–H and O–H groups in total. The van der Waals surface area contributed by atoms with Crippen molar-refractivity contribution >= 4 is 20.0 Å². The molecule has 1 spiro atoms. The van der Waals surface area contributed by atoms with Gasteiger partial charge in [-0.15, -0.1) is 0 Å². The van der Waals surface area contributed by atoms with Gasteiger partial charge in [0.1, 0.15) is 16.2 Å². The molecule has 156 valence electrons. The van der Waals surface area contributed by atoms with Crippen molar-refractivity contribution in [1.82, 2.24) is 13.6 Å². The maximum Gasteiger partial charge on any atom is 0.247 e. The maximum absolute atomic E-state index is 13.4. The average molecular weight is 438 g/mol. The molecule has 1 atom stereocenters. The standard InChI is InChI=1S/C19H23N3O5S2/c1-2-28(23,24)21-12-10-19(14-21)15-22(13-16-7-5-6-11-20-16)29(25,26)18-9-4-3-8-17(18)27-19/h3-9,11H,2,10,12-15H2,1H3/t19-/m0/s1. The second kappa shape index (κ2) is 7.35. The van der Waals surface area contributed by atoms with Crippen LogP contribution in [0.4, 0.5) is 0 Å². The molecular weight excluding hydrogens is 414 g/mol. The number of hydrogen-bond acceptors (Lipinski definition) is 6. The van der Waals surface area contributed by atoms with Crippen LogP contribution in [-0.2, 0) is 26.6 Å². The van der Waals surface area contributed by atoms with Crippen molar-refractivity contribution in [2.45, 2.75) is 30.4 Å². The zero-order valence-electron chi connectivity index (χ0n) is 16.1. The molecule has 2 aliphatic rings. The molecule has 0 aliphatic carbocycles. The molecule has 1 fully saturated rings. The first-order chi connectivity index (χ1) is 13.8. The van der Waals surface area contributed by atoms with Crippen LogP contribution in [0.5, 0.6) is 5.75 Å². The van der Waals surface area contributed by atoms with E-state index >= 15 is 0 Å². The van der Waals surface area contributed by atoms with Crippen LogP contribution < -0.4 is 4.74 Å². The number of hydrogen-bond donors (Lipinski definition) is 0. The van der Waals surface area contributed by atoms with Crippen LogP contribution in [0.1, 0.15) is 19.0 Å². The topological polar surface area (TPSA) is 96.9 Å². The van der Waals surface area contributed by atoms with Crippen molar-refractivity contribution in [2.75, 3.05) is 25.4 Å². The molecule has 4 rings (SSSR count). The van der Waals surface area contributed by atoms with Crippen molar-refractivity contribution in [1.29, 1.82) is 0 Å². The Bertz CT molecular complexity index is 1110. The first-order valence-electron chi connectivity index (χ1n) is 9.42. The number of rotatable bonds is 4. The summed E-state index contributed by atoms with van der Waals surface area (Å²) >= 11 is 0. The smallest absolute Gasteiger partial charge is 0.247 e. The summed E-state index contributed by atoms with van der Waals surface area (Å²) in [6, 6.07) is 11.8. The van der Waals surface area contributed by atoms with Gasteiger partial charge in [0.25, 0.3) is 0 Å². The van der Waals surface area contributed by atoms with Gasteiger partial charge >= 0.3 is 0 Å². The molecule has 0 unspecified atom stereocenters. The molecule has 3 heterocycles. The molecule has 2 aliphatic heterocycles. The van der Waals surface area contributed by atoms with E-state index < -0.39 is 25.6 Å². The normalized spacial score (nSPS) is 24.7. The molecule has 1 aromatic heterocycles. The number of aromatic nitrogens is 1. The lowest BCUT2D eigenvalue weighted by molar-refractivity contribution is 0.0642. The summed E-state index contributed by atoms with van der Waals surface area (Å²) in [7, 11) is -7.23. The van der Waals surface area contributed by atoms with Gasteiger partial charge in [-0.3, -0.25) is 4.98 Å². The van der Waals surface area contributed by atoms with Gasteiger partial charge < -0.3 is 4.74 Å². The summed E-state index contributed by atoms with van der Waals surface area (Å²) in [5.74, 6) is 0.252. The number of para-hydroxylation sites is 1. The molecular formula is C19H23N3O5S2. The van der Waals surface area contributed by atoms with E-state index in [-0.39, 0.29) is 36.0 Å². The molecule has 2 aromatic rings. The summed E-state index contributed by atoms with van der Waals surface area (Å²) in [6.07, 6.45) is 2.03. The fourth-order valence-corrected chi connectivity index (χ4v) is 6.58. The number of fused-ring (bicyclic) bond motifs is 1. The van der Waals surface area contributed by atoms with Gasteiger partial charge in [-0.05, 0) is 31.2 Å². The lowest BCUT2D eigenvalue weighted by atomic mass is 10.0. The van der Waals surface area contributed by atoms with E-state index in [0.717, 1.165) is 0 Å². The minimum absolute atomic E-state index is 0.00435. The maximum atomic E-state index is 13.4. The minimum atomic E-state index is -3.84. The first-order valence-corrected chi connectivity index (χ1v) is 12.5. The highest BCUT2D eigenvalue weighted by molar-refractivity contribution is 7.89. The number of pyridine rings is 1. The molecule has 29 heavy (non-hydrogen) atoms. The zero-order valence-corrected chi connectivity index (χ0v) is 17.7. The van der Waals surface area contributed by atoms with Gasteiger partial charge in [0.15, 0.2) is 0 Å². The SMILES string of the molecule is CCS(=O)(=O)N1CC[C@]2(C1)CN(Cc1ccccn1)S(=O)(=O)c1ccccc1O2. The Morgan fingerprint density at radius 1 is 1.14 bits per heavy atom. The fraction of sp³-hybridized carbons (Fsp3) is 0.421. The number of ether oxygens (including phenoxy) is 1. The molecule has 1 saturated heterocycles. The third-order valence-corrected chi connectivity index (χ3v) is 9.02. The summed E-state index contributed by atoms with van der Waals surface area (Å²) < 4.78 is 60.5. The number of nitrogens with zero attached hydrogens (tertiary/aromatic N) is 3. The molecule has 0 bridgehead atoms. The van der Waals surface area contributed by atoms with Crippen molar-refractivity contribution < 1.29 is 21.6 Å². The molecule has 0 amide bonds. The third kappa shape index (κ3) is 3.77. The molecule has 1 aromatic carbocycles. The summed E-state index contributed by atoms with van der Waals surface area (Å²) in [5, 5.41) is 0. The van der Waals surface area contributed by atoms with Gasteiger partial charge in [0.05, 0.1) is 31.1 Å². The third-order valence-electron chi connectivity index (χ3n) is 5.36. The first kappa shape index (κ1) is 20.3. The predicted octanol–water partition coefficient (Wildman–Crippen LogP) is 1.46. The lowest BCUT2D eigenvalue weighted by Gasteiger charge is -2.31. The van der Waals surface area contributed by atoms with Crippen LogP contribution in [0.2, 0.25) is 0 Å². The van der Waals surface area contributed by atoms with Gasteiger partial charge in [0.2, 0.25) is 20.0 Å². The van der Waals surface area contributed by atoms with E-state index in [2.05, 4.69) is 4.98 Å². The van der Waals surface area contributed by atoms with Crippen LogP contribution in [0.15, 0.2) is 53.6 Å². The monoisotopic (exact) mass is 437 g/mol. The second-order valence-electron chi connectivity index (χ2n) is 7.31. The molecule has 0 saturated carbocycles. The predicted molar refractivity (Wildman–Crippen MR) is 107 cm³/mol. The molecule has 8 nitrogen and oxygen atoms in total. The van der Waals surface area contributed by atoms with E-state index in [9.17, 15) is 16.8 Å². The van der Waals surface area contributed by atoms with Gasteiger partial charge in [0, 0.05) is 19.2 Å². The Morgan fingerprint density at radius 3 is 2.62 bits per heavy atom. The minimum Gasteiger partial charge on any atom is -0.483 e. The highest BCUT2D eigenvalue weighted by atomic mass is 32.2. The van der Waals surface area contributed by atoms with Gasteiger partial charge in [-0.25, -0.2) is 16.8 Å². The van der Waals surface area contributed by atoms with Crippen molar-refractivity contribution in [3.05, 3.63) is 54.4 Å². The highest BCUT2D eigenvalue weighted by Crippen LogP contribution is 2.39. The molecule has 0 radical (unpaired) electrons. The Balaban J connectivity index is 1.76. The van der Waals surface area contributed by atoms with Crippen LogP contribution in [0.3, 0.4) is 0 Å². The summed E-state index contributed by atoms with van der Waals surface area (Å²) in [4.78, 5) is 4.34. The fourth-order valence-electron chi connectivity index (χ4n) is 3.81. The van der Waals surface area contributed by atoms with Gasteiger partial charge in [-0.1, -0.05) is 18.2 Å². The van der Waals surface area contributed by atoms with Crippen LogP contribution in [0.25, 0.3) is 0 Å². The van der Waals surface area contributed by atoms with Crippen molar-refractivity contribution in [3.8, 4) is 5.75 Å². The van der Waals surface area contributed by atoms with Crippen molar-refractivity contribution in [3.63, 3.8) is 0 Å². The van der Waals surface area contributed by atoms with E-state index in [1.807, 2.05) is 0 Å². The van der Waals surface area contributed by atoms with Crippen LogP contribution in [0, 0.1) is 0 Å². The summed E-state index contributed by atoms with van der Waals surface area (Å²) in [6.45, 7) is 2.16. The van der Waals surface area contributed by atoms with Crippen LogP contribution in [-0.4, -0.2) is 61.4 Å². The van der Waals surface area contributed by atoms with E-state index in [4.69, 9.17) is 4.74 Å². The van der Waals surface area contributed by atoms with E-state index in [1.54, 1.807) is 49.5 Å². The van der Waals surface area contributed by atoms with E-state index in [0.29, 0.717) is 18.7 Å². The van der Waals surface area contributed by atoms with Gasteiger partial charge in [-0.2, -0.15) is 8.61 Å². The van der Waals surface area contributed by atoms with E-state index in [1.165, 1.54) is 14.7 Å². The Kier molecular flexibility index (Phi) is 5.14. The quantitative estimate of drug-likeness (QED) is 0.718. The Labute approximate surface area is 171 Å². The van der Waals surface area contributed by atoms with Crippen molar-refractivity contribution in [2.24, 2.45) is 0 Å². The largest absolute Gasteiger partial charge is 0.483 e. The zero-order chi connectivity index (χ0) is 20.7. The Hall–Kier alpha value is -2.01. The number of benzene rings is 1. The number of sulfonamides is 2. The summed E-state index contributed by atoms with van der Waals surface area (Å²) in [5.41, 5.74) is -0.335. The Morgan fingerprint density at radius 2 is 1.90 bits per heavy atom. The second-order valence-corrected chi connectivity index (χ2v) is 11.5. The lowest BCUT2D eigenvalue weighted by Crippen LogP contribution is -2.49. The highest BCUT2D eigenvalue weighted by Gasteiger charge is 2.49.